The zero-order chi connectivity index (χ0) is 29.9. The molecule has 5 unspecified atom stereocenters. The molecule has 5 atom stereocenters. The van der Waals surface area contributed by atoms with Crippen molar-refractivity contribution in [3.63, 3.8) is 0 Å². The van der Waals surface area contributed by atoms with E-state index in [4.69, 9.17) is 9.47 Å². The Morgan fingerprint density at radius 2 is 1.83 bits per heavy atom. The van der Waals surface area contributed by atoms with Crippen LogP contribution in [0.3, 0.4) is 0 Å². The molecule has 0 spiro atoms. The minimum absolute atomic E-state index is 0.0380. The molecule has 224 valence electrons. The van der Waals surface area contributed by atoms with Crippen LogP contribution in [0, 0.1) is 5.92 Å². The van der Waals surface area contributed by atoms with Crippen LogP contribution < -0.4 is 5.32 Å². The minimum atomic E-state index is -5.04. The fourth-order valence-corrected chi connectivity index (χ4v) is 6.07. The lowest BCUT2D eigenvalue weighted by Gasteiger charge is -2.41. The predicted molar refractivity (Wildman–Crippen MR) is 146 cm³/mol. The Bertz CT molecular complexity index is 1360. The molecule has 0 aliphatic carbocycles. The zero-order valence-electron chi connectivity index (χ0n) is 22.6. The van der Waals surface area contributed by atoms with Gasteiger partial charge >= 0.3 is 12.1 Å². The standard InChI is InChI=1S/C28H30F3N5O5S/c1-16-22(14-42-27-32-15-33-35-27)40-25(41-23(16)18-6-4-17(13-37)5-7-18)19-8-10-20(11-9-19)34-24(38)21-3-2-12-36(21)26(39)28(29,30)31/h4-11,15-16,21-23,25,37H,2-3,12-14H2,1H3,(H,34,38)(H,32,33,35). The number of likely N-dealkylation sites (tertiary alicyclic amines) is 1. The maximum atomic E-state index is 13.0. The third kappa shape index (κ3) is 6.77. The second kappa shape index (κ2) is 12.8. The summed E-state index contributed by atoms with van der Waals surface area (Å²) in [6.45, 7) is 1.86. The van der Waals surface area contributed by atoms with Crippen molar-refractivity contribution in [1.29, 1.82) is 0 Å². The van der Waals surface area contributed by atoms with Crippen molar-refractivity contribution in [1.82, 2.24) is 20.1 Å². The topological polar surface area (TPSA) is 130 Å². The number of carbonyl (C=O) groups is 2. The molecule has 2 aliphatic heterocycles. The number of anilines is 1. The molecule has 1 aromatic heterocycles. The van der Waals surface area contributed by atoms with Crippen molar-refractivity contribution >= 4 is 29.3 Å². The number of thioether (sulfide) groups is 1. The van der Waals surface area contributed by atoms with E-state index < -0.39 is 30.3 Å². The summed E-state index contributed by atoms with van der Waals surface area (Å²) in [5.74, 6) is -2.14. The molecule has 0 radical (unpaired) electrons. The Labute approximate surface area is 244 Å². The summed E-state index contributed by atoms with van der Waals surface area (Å²) in [5.41, 5.74) is 2.77. The minimum Gasteiger partial charge on any atom is -0.392 e. The smallest absolute Gasteiger partial charge is 0.392 e. The van der Waals surface area contributed by atoms with E-state index in [1.54, 1.807) is 24.3 Å². The first-order chi connectivity index (χ1) is 20.1. The van der Waals surface area contributed by atoms with Crippen LogP contribution in [0.4, 0.5) is 18.9 Å². The Kier molecular flexibility index (Phi) is 9.16. The molecule has 2 amide bonds. The number of H-pyrrole nitrogens is 1. The summed E-state index contributed by atoms with van der Waals surface area (Å²) in [6.07, 6.45) is -4.44. The molecule has 42 heavy (non-hydrogen) atoms. The molecule has 14 heteroatoms. The molecule has 0 saturated carbocycles. The van der Waals surface area contributed by atoms with Crippen LogP contribution in [0.2, 0.25) is 0 Å². The number of hydrogen-bond acceptors (Lipinski definition) is 8. The molecule has 3 N–H and O–H groups in total. The number of halogens is 3. The van der Waals surface area contributed by atoms with Crippen LogP contribution in [0.25, 0.3) is 0 Å². The summed E-state index contributed by atoms with van der Waals surface area (Å²) in [5, 5.41) is 19.4. The lowest BCUT2D eigenvalue weighted by Crippen LogP contribution is -2.48. The number of aromatic nitrogens is 3. The van der Waals surface area contributed by atoms with Gasteiger partial charge in [-0.25, -0.2) is 4.98 Å². The highest BCUT2D eigenvalue weighted by molar-refractivity contribution is 7.99. The number of amides is 2. The number of aliphatic hydroxyl groups excluding tert-OH is 1. The fraction of sp³-hybridized carbons (Fsp3) is 0.429. The van der Waals surface area contributed by atoms with Crippen molar-refractivity contribution < 1.29 is 37.3 Å². The van der Waals surface area contributed by atoms with Gasteiger partial charge in [0, 0.05) is 29.5 Å². The van der Waals surface area contributed by atoms with E-state index in [1.165, 1.54) is 18.1 Å². The molecule has 0 bridgehead atoms. The van der Waals surface area contributed by atoms with E-state index in [9.17, 15) is 27.9 Å². The Morgan fingerprint density at radius 3 is 2.48 bits per heavy atom. The summed E-state index contributed by atoms with van der Waals surface area (Å²) in [4.78, 5) is 29.3. The van der Waals surface area contributed by atoms with Gasteiger partial charge in [0.05, 0.1) is 18.8 Å². The zero-order valence-corrected chi connectivity index (χ0v) is 23.4. The molecule has 2 aromatic carbocycles. The van der Waals surface area contributed by atoms with Crippen molar-refractivity contribution in [2.45, 2.75) is 62.2 Å². The van der Waals surface area contributed by atoms with Gasteiger partial charge in [0.25, 0.3) is 0 Å². The summed E-state index contributed by atoms with van der Waals surface area (Å²) in [7, 11) is 0. The molecular weight excluding hydrogens is 575 g/mol. The van der Waals surface area contributed by atoms with Gasteiger partial charge in [0.1, 0.15) is 12.4 Å². The van der Waals surface area contributed by atoms with E-state index >= 15 is 0 Å². The second-order valence-electron chi connectivity index (χ2n) is 10.2. The Balaban J connectivity index is 1.30. The predicted octanol–water partition coefficient (Wildman–Crippen LogP) is 4.37. The number of aromatic amines is 1. The third-order valence-electron chi connectivity index (χ3n) is 7.41. The van der Waals surface area contributed by atoms with E-state index in [0.717, 1.165) is 11.1 Å². The van der Waals surface area contributed by atoms with Crippen LogP contribution in [0.5, 0.6) is 0 Å². The highest BCUT2D eigenvalue weighted by Crippen LogP contribution is 2.43. The molecule has 10 nitrogen and oxygen atoms in total. The van der Waals surface area contributed by atoms with Crippen LogP contribution in [0.15, 0.2) is 60.0 Å². The van der Waals surface area contributed by atoms with Crippen LogP contribution >= 0.6 is 11.8 Å². The SMILES string of the molecule is CC1C(CSc2ncn[nH]2)OC(c2ccc(NC(=O)C3CCCN3C(=O)C(F)(F)F)cc2)OC1c1ccc(CO)cc1. The number of hydrogen-bond donors (Lipinski definition) is 3. The second-order valence-corrected chi connectivity index (χ2v) is 11.2. The summed E-state index contributed by atoms with van der Waals surface area (Å²) in [6, 6.07) is 13.0. The summed E-state index contributed by atoms with van der Waals surface area (Å²) < 4.78 is 51.7. The highest BCUT2D eigenvalue weighted by atomic mass is 32.2. The van der Waals surface area contributed by atoms with Crippen molar-refractivity contribution in [2.24, 2.45) is 5.92 Å². The quantitative estimate of drug-likeness (QED) is 0.323. The number of rotatable bonds is 8. The Morgan fingerprint density at radius 1 is 1.12 bits per heavy atom. The number of benzene rings is 2. The van der Waals surface area contributed by atoms with E-state index in [1.807, 2.05) is 31.2 Å². The molecular formula is C28H30F3N5O5S. The number of nitrogens with one attached hydrogen (secondary N) is 2. The van der Waals surface area contributed by atoms with E-state index in [-0.39, 0.29) is 37.7 Å². The summed E-state index contributed by atoms with van der Waals surface area (Å²) >= 11 is 1.47. The van der Waals surface area contributed by atoms with E-state index in [2.05, 4.69) is 20.5 Å². The van der Waals surface area contributed by atoms with Crippen LogP contribution in [-0.2, 0) is 25.7 Å². The Hall–Kier alpha value is -3.46. The lowest BCUT2D eigenvalue weighted by atomic mass is 9.91. The first-order valence-electron chi connectivity index (χ1n) is 13.4. The van der Waals surface area contributed by atoms with Gasteiger partial charge in [0.2, 0.25) is 5.91 Å². The fourth-order valence-electron chi connectivity index (χ4n) is 5.13. The first kappa shape index (κ1) is 30.0. The van der Waals surface area contributed by atoms with Crippen LogP contribution in [-0.4, -0.2) is 67.6 Å². The maximum Gasteiger partial charge on any atom is 0.471 e. The average molecular weight is 606 g/mol. The number of alkyl halides is 3. The molecule has 2 aliphatic rings. The van der Waals surface area contributed by atoms with Gasteiger partial charge in [-0.1, -0.05) is 55.1 Å². The molecule has 3 aromatic rings. The monoisotopic (exact) mass is 605 g/mol. The van der Waals surface area contributed by atoms with Gasteiger partial charge in [-0.2, -0.15) is 18.3 Å². The van der Waals surface area contributed by atoms with E-state index in [0.29, 0.717) is 33.5 Å². The molecule has 5 rings (SSSR count). The van der Waals surface area contributed by atoms with Gasteiger partial charge in [-0.05, 0) is 36.1 Å². The first-order valence-corrected chi connectivity index (χ1v) is 14.4. The largest absolute Gasteiger partial charge is 0.471 e. The number of nitrogens with zero attached hydrogens (tertiary/aromatic N) is 3. The normalized spacial score (nSPS) is 24.5. The highest BCUT2D eigenvalue weighted by Gasteiger charge is 2.47. The maximum absolute atomic E-state index is 13.0. The molecule has 2 fully saturated rings. The average Bonchev–Trinajstić information content (AvgIpc) is 3.69. The van der Waals surface area contributed by atoms with Gasteiger partial charge in [-0.3, -0.25) is 14.7 Å². The number of carbonyl (C=O) groups excluding carboxylic acids is 2. The lowest BCUT2D eigenvalue weighted by molar-refractivity contribution is -0.268. The van der Waals surface area contributed by atoms with Crippen molar-refractivity contribution in [2.75, 3.05) is 17.6 Å². The van der Waals surface area contributed by atoms with Crippen molar-refractivity contribution in [3.8, 4) is 0 Å². The third-order valence-corrected chi connectivity index (χ3v) is 8.38. The molecule has 2 saturated heterocycles. The van der Waals surface area contributed by atoms with Gasteiger partial charge in [-0.15, -0.1) is 0 Å². The van der Waals surface area contributed by atoms with Crippen LogP contribution in [0.1, 0.15) is 48.8 Å². The number of ether oxygens (including phenoxy) is 2. The van der Waals surface area contributed by atoms with Crippen molar-refractivity contribution in [3.05, 3.63) is 71.5 Å². The van der Waals surface area contributed by atoms with Gasteiger partial charge < -0.3 is 24.8 Å². The molecule has 3 heterocycles. The van der Waals surface area contributed by atoms with Gasteiger partial charge in [0.15, 0.2) is 11.4 Å². The number of aliphatic hydroxyl groups is 1.